The van der Waals surface area contributed by atoms with E-state index < -0.39 is 0 Å². The molecule has 0 unspecified atom stereocenters. The average molecular weight is 945 g/mol. The third-order valence-corrected chi connectivity index (χ3v) is 15.0. The van der Waals surface area contributed by atoms with Gasteiger partial charge in [0.25, 0.3) is 0 Å². The minimum atomic E-state index is 0.528. The molecule has 0 spiro atoms. The lowest BCUT2D eigenvalue weighted by Gasteiger charge is -2.16. The highest BCUT2D eigenvalue weighted by Crippen LogP contribution is 2.45. The zero-order valence-electron chi connectivity index (χ0n) is 39.7. The molecule has 8 heteroatoms. The van der Waals surface area contributed by atoms with Gasteiger partial charge in [0, 0.05) is 65.6 Å². The summed E-state index contributed by atoms with van der Waals surface area (Å²) in [5.74, 6) is 1.06. The quantitative estimate of drug-likeness (QED) is 0.166. The van der Waals surface area contributed by atoms with Crippen molar-refractivity contribution < 1.29 is 0 Å². The Morgan fingerprint density at radius 2 is 0.581 bits per heavy atom. The summed E-state index contributed by atoms with van der Waals surface area (Å²) < 4.78 is 9.31. The maximum atomic E-state index is 5.73. The zero-order valence-corrected chi connectivity index (χ0v) is 39.7. The van der Waals surface area contributed by atoms with E-state index in [0.717, 1.165) is 104 Å². The van der Waals surface area contributed by atoms with Crippen LogP contribution in [-0.4, -0.2) is 38.2 Å². The Hall–Kier alpha value is -10.2. The molecule has 0 bridgehead atoms. The van der Waals surface area contributed by atoms with Crippen LogP contribution in [0.15, 0.2) is 243 Å². The second-order valence-corrected chi connectivity index (χ2v) is 19.0. The van der Waals surface area contributed by atoms with Gasteiger partial charge in [0.15, 0.2) is 0 Å². The zero-order chi connectivity index (χ0) is 48.4. The lowest BCUT2D eigenvalue weighted by Crippen LogP contribution is -2.09. The van der Waals surface area contributed by atoms with Gasteiger partial charge in [0.05, 0.1) is 44.1 Å². The van der Waals surface area contributed by atoms with Crippen LogP contribution >= 0.6 is 0 Å². The largest absolute Gasteiger partial charge is 0.309 e. The number of nitrogens with zero attached hydrogens (tertiary/aromatic N) is 8. The van der Waals surface area contributed by atoms with E-state index >= 15 is 0 Å². The van der Waals surface area contributed by atoms with Gasteiger partial charge in [0.2, 0.25) is 11.9 Å². The predicted octanol–water partition coefficient (Wildman–Crippen LogP) is 16.1. The lowest BCUT2D eigenvalue weighted by atomic mass is 10.1. The fourth-order valence-corrected chi connectivity index (χ4v) is 11.9. The van der Waals surface area contributed by atoms with Crippen LogP contribution in [0, 0.1) is 0 Å². The molecule has 0 radical (unpaired) electrons. The summed E-state index contributed by atoms with van der Waals surface area (Å²) in [5, 5.41) is 9.06. The Bertz CT molecular complexity index is 4930. The van der Waals surface area contributed by atoms with Crippen LogP contribution in [0.25, 0.3) is 144 Å². The number of fused-ring (bicyclic) bond motifs is 15. The summed E-state index contributed by atoms with van der Waals surface area (Å²) in [4.78, 5) is 22.9. The van der Waals surface area contributed by atoms with Crippen LogP contribution in [0.5, 0.6) is 0 Å². The highest BCUT2D eigenvalue weighted by Gasteiger charge is 2.27. The highest BCUT2D eigenvalue weighted by atomic mass is 15.2. The van der Waals surface area contributed by atoms with E-state index in [4.69, 9.17) is 19.9 Å². The molecule has 16 rings (SSSR count). The summed E-state index contributed by atoms with van der Waals surface area (Å²) >= 11 is 0. The minimum Gasteiger partial charge on any atom is -0.309 e. The van der Waals surface area contributed by atoms with Crippen molar-refractivity contribution >= 4 is 98.3 Å². The van der Waals surface area contributed by atoms with Gasteiger partial charge in [-0.05, 0) is 54.6 Å². The number of rotatable bonds is 6. The fraction of sp³-hybridized carbons (Fsp3) is 0. The van der Waals surface area contributed by atoms with Gasteiger partial charge in [-0.3, -0.25) is 9.13 Å². The van der Waals surface area contributed by atoms with Crippen LogP contribution < -0.4 is 0 Å². The lowest BCUT2D eigenvalue weighted by molar-refractivity contribution is 0.981. The monoisotopic (exact) mass is 944 g/mol. The predicted molar refractivity (Wildman–Crippen MR) is 303 cm³/mol. The topological polar surface area (TPSA) is 71.3 Å². The third-order valence-electron chi connectivity index (χ3n) is 15.0. The second kappa shape index (κ2) is 15.7. The van der Waals surface area contributed by atoms with Crippen molar-refractivity contribution in [3.8, 4) is 45.8 Å². The minimum absolute atomic E-state index is 0.528. The summed E-state index contributed by atoms with van der Waals surface area (Å²) in [6.07, 6.45) is 0. The summed E-state index contributed by atoms with van der Waals surface area (Å²) in [7, 11) is 0. The molecule has 10 aromatic carbocycles. The van der Waals surface area contributed by atoms with E-state index in [1.54, 1.807) is 0 Å². The summed E-state index contributed by atoms with van der Waals surface area (Å²) in [5.41, 5.74) is 15.2. The number of aromatic nitrogens is 8. The first-order chi connectivity index (χ1) is 36.8. The molecule has 74 heavy (non-hydrogen) atoms. The van der Waals surface area contributed by atoms with Gasteiger partial charge in [-0.15, -0.1) is 0 Å². The van der Waals surface area contributed by atoms with E-state index in [0.29, 0.717) is 34.3 Å². The Morgan fingerprint density at radius 1 is 0.230 bits per heavy atom. The van der Waals surface area contributed by atoms with Crippen LogP contribution in [0.4, 0.5) is 0 Å². The molecule has 0 atom stereocenters. The first-order valence-corrected chi connectivity index (χ1v) is 25.0. The van der Waals surface area contributed by atoms with Gasteiger partial charge in [-0.25, -0.2) is 19.9 Å². The molecule has 0 fully saturated rings. The van der Waals surface area contributed by atoms with Crippen molar-refractivity contribution in [1.29, 1.82) is 0 Å². The summed E-state index contributed by atoms with van der Waals surface area (Å²) in [6, 6.07) is 85.8. The molecule has 0 saturated heterocycles. The van der Waals surface area contributed by atoms with Crippen LogP contribution in [0.1, 0.15) is 0 Å². The SMILES string of the molecule is c1ccc(-c2nc(-n3c4ccccc4c4ccc5c6ccccc6n(-c6ccccc6)c5c43)nc3c(-c4ccccc4)nc(-n4c5ccccc5c5ccc6c(c7ccccc7n6-c6ccccc6)c54)nc23)cc1. The second-order valence-electron chi connectivity index (χ2n) is 19.0. The maximum Gasteiger partial charge on any atom is 0.236 e. The van der Waals surface area contributed by atoms with Crippen LogP contribution in [0.3, 0.4) is 0 Å². The molecule has 344 valence electrons. The van der Waals surface area contributed by atoms with Crippen molar-refractivity contribution in [3.63, 3.8) is 0 Å². The number of para-hydroxylation sites is 6. The van der Waals surface area contributed by atoms with Gasteiger partial charge >= 0.3 is 0 Å². The number of benzene rings is 10. The molecule has 0 amide bonds. The molecule has 0 N–H and O–H groups in total. The standard InChI is InChI=1S/C66H40N8/c1-5-21-41(22-6-1)58-61-60(69-65(67-58)73-53-34-18-14-29-45(53)48-39-40-56-57(62(48)73)51-32-16-20-36-55(51)71(56)43-25-9-3-10-26-43)59(42-23-7-2-8-24-42)68-66(70-61)74-54-35-19-15-31-47(54)50-38-37-49-46-30-13-17-33-52(46)72(63(49)64(50)74)44-27-11-4-12-28-44/h1-40H. The third kappa shape index (κ3) is 5.73. The summed E-state index contributed by atoms with van der Waals surface area (Å²) in [6.45, 7) is 0. The maximum absolute atomic E-state index is 5.73. The van der Waals surface area contributed by atoms with E-state index in [9.17, 15) is 0 Å². The molecule has 6 aromatic heterocycles. The average Bonchev–Trinajstić information content (AvgIpc) is 4.21. The molecule has 0 saturated carbocycles. The molecule has 8 nitrogen and oxygen atoms in total. The molecular formula is C66H40N8. The number of hydrogen-bond acceptors (Lipinski definition) is 4. The Balaban J connectivity index is 1.06. The van der Waals surface area contributed by atoms with Crippen molar-refractivity contribution in [2.75, 3.05) is 0 Å². The van der Waals surface area contributed by atoms with E-state index in [-0.39, 0.29) is 0 Å². The first kappa shape index (κ1) is 40.5. The van der Waals surface area contributed by atoms with Gasteiger partial charge in [0.1, 0.15) is 22.4 Å². The Kier molecular flexibility index (Phi) is 8.58. The van der Waals surface area contributed by atoms with Gasteiger partial charge in [-0.2, -0.15) is 0 Å². The normalized spacial score (nSPS) is 12.1. The first-order valence-electron chi connectivity index (χ1n) is 25.0. The molecule has 0 aliphatic carbocycles. The molecular weight excluding hydrogens is 905 g/mol. The van der Waals surface area contributed by atoms with Crippen LogP contribution in [-0.2, 0) is 0 Å². The Morgan fingerprint density at radius 3 is 1.08 bits per heavy atom. The Labute approximate surface area is 422 Å². The molecule has 0 aliphatic rings. The van der Waals surface area contributed by atoms with Gasteiger partial charge in [-0.1, -0.05) is 188 Å². The molecule has 6 heterocycles. The van der Waals surface area contributed by atoms with E-state index in [2.05, 4.69) is 249 Å². The smallest absolute Gasteiger partial charge is 0.236 e. The highest BCUT2D eigenvalue weighted by molar-refractivity contribution is 6.27. The van der Waals surface area contributed by atoms with Crippen molar-refractivity contribution in [3.05, 3.63) is 243 Å². The van der Waals surface area contributed by atoms with E-state index in [1.165, 1.54) is 5.39 Å². The van der Waals surface area contributed by atoms with Crippen molar-refractivity contribution in [2.24, 2.45) is 0 Å². The molecule has 16 aromatic rings. The van der Waals surface area contributed by atoms with Crippen LogP contribution in [0.2, 0.25) is 0 Å². The van der Waals surface area contributed by atoms with Gasteiger partial charge < -0.3 is 9.13 Å². The fourth-order valence-electron chi connectivity index (χ4n) is 11.9. The van der Waals surface area contributed by atoms with Crippen molar-refractivity contribution in [1.82, 2.24) is 38.2 Å². The molecule has 0 aliphatic heterocycles. The van der Waals surface area contributed by atoms with Crippen molar-refractivity contribution in [2.45, 2.75) is 0 Å². The van der Waals surface area contributed by atoms with E-state index in [1.807, 2.05) is 12.1 Å². The number of hydrogen-bond donors (Lipinski definition) is 0.